The van der Waals surface area contributed by atoms with Gasteiger partial charge in [-0.25, -0.2) is 4.98 Å². The Hall–Kier alpha value is -3.81. The minimum absolute atomic E-state index is 0.0672. The first-order chi connectivity index (χ1) is 22.8. The van der Waals surface area contributed by atoms with Crippen LogP contribution in [0.4, 0.5) is 0 Å². The lowest BCUT2D eigenvalue weighted by molar-refractivity contribution is -0.137. The molecule has 8 rings (SSSR count). The van der Waals surface area contributed by atoms with E-state index in [0.29, 0.717) is 35.0 Å². The van der Waals surface area contributed by atoms with Crippen LogP contribution in [0, 0.1) is 17.8 Å². The Kier molecular flexibility index (Phi) is 7.80. The van der Waals surface area contributed by atoms with E-state index in [4.69, 9.17) is 9.72 Å². The van der Waals surface area contributed by atoms with Gasteiger partial charge in [0.15, 0.2) is 5.82 Å². The fourth-order valence-corrected chi connectivity index (χ4v) is 8.67. The number of rotatable bonds is 8. The van der Waals surface area contributed by atoms with E-state index in [2.05, 4.69) is 64.1 Å². The highest BCUT2D eigenvalue weighted by Crippen LogP contribution is 2.47. The maximum absolute atomic E-state index is 13.9. The number of hydrogen-bond donors (Lipinski definition) is 0. The standard InChI is InChI=1S/C39H49N5O3/c1-5-25-12-11-24(2)43(22-25)39(46)30-19-32-36(34(21-30)47-4)41(3)37(40-32)33-20-27-9-8-10-31(35(27)44(33)23-26-13-14-26)28-17-29(18-28)38(45)42-15-6-7-16-42/h8-10,19-21,24-26,28-29H,5-7,11-18,22-23H2,1-4H3/t24-,25+,28?,29?/m0/s1. The molecule has 2 saturated heterocycles. The van der Waals surface area contributed by atoms with Gasteiger partial charge in [-0.2, -0.15) is 0 Å². The van der Waals surface area contributed by atoms with Crippen LogP contribution in [0.25, 0.3) is 33.5 Å². The van der Waals surface area contributed by atoms with Crippen molar-refractivity contribution in [1.82, 2.24) is 23.9 Å². The molecule has 2 aliphatic heterocycles. The Labute approximate surface area is 278 Å². The maximum atomic E-state index is 13.9. The highest BCUT2D eigenvalue weighted by Gasteiger charge is 2.40. The fraction of sp³-hybridized carbons (Fsp3) is 0.564. The number of aryl methyl sites for hydroxylation is 1. The molecule has 2 saturated carbocycles. The summed E-state index contributed by atoms with van der Waals surface area (Å²) < 4.78 is 10.6. The van der Waals surface area contributed by atoms with Gasteiger partial charge < -0.3 is 23.7 Å². The highest BCUT2D eigenvalue weighted by molar-refractivity contribution is 6.00. The molecular weight excluding hydrogens is 586 g/mol. The first kappa shape index (κ1) is 30.5. The van der Waals surface area contributed by atoms with E-state index in [-0.39, 0.29) is 17.9 Å². The zero-order chi connectivity index (χ0) is 32.4. The fourth-order valence-electron chi connectivity index (χ4n) is 8.67. The molecule has 4 fully saturated rings. The second-order valence-corrected chi connectivity index (χ2v) is 15.0. The van der Waals surface area contributed by atoms with Crippen LogP contribution in [0.2, 0.25) is 0 Å². The molecule has 2 amide bonds. The van der Waals surface area contributed by atoms with Crippen LogP contribution in [-0.4, -0.2) is 68.5 Å². The number of carbonyl (C=O) groups excluding carboxylic acids is 2. The quantitative estimate of drug-likeness (QED) is 0.203. The lowest BCUT2D eigenvalue weighted by Gasteiger charge is -2.38. The van der Waals surface area contributed by atoms with E-state index >= 15 is 0 Å². The van der Waals surface area contributed by atoms with Crippen molar-refractivity contribution in [3.8, 4) is 17.3 Å². The monoisotopic (exact) mass is 635 g/mol. The lowest BCUT2D eigenvalue weighted by Crippen LogP contribution is -2.45. The summed E-state index contributed by atoms with van der Waals surface area (Å²) >= 11 is 0. The number of imidazole rings is 1. The largest absolute Gasteiger partial charge is 0.494 e. The van der Waals surface area contributed by atoms with Crippen LogP contribution < -0.4 is 4.74 Å². The Balaban J connectivity index is 1.17. The Bertz CT molecular complexity index is 1840. The zero-order valence-electron chi connectivity index (χ0n) is 28.5. The number of hydrogen-bond acceptors (Lipinski definition) is 4. The highest BCUT2D eigenvalue weighted by atomic mass is 16.5. The summed E-state index contributed by atoms with van der Waals surface area (Å²) in [4.78, 5) is 36.4. The normalized spacial score (nSPS) is 24.7. The minimum atomic E-state index is 0.0672. The Morgan fingerprint density at radius 3 is 2.47 bits per heavy atom. The number of ether oxygens (including phenoxy) is 1. The van der Waals surface area contributed by atoms with Crippen LogP contribution in [0.1, 0.15) is 93.5 Å². The van der Waals surface area contributed by atoms with Crippen LogP contribution in [-0.2, 0) is 18.4 Å². The van der Waals surface area contributed by atoms with Crippen LogP contribution in [0.15, 0.2) is 36.4 Å². The van der Waals surface area contributed by atoms with Crippen LogP contribution in [0.5, 0.6) is 5.75 Å². The molecule has 4 heterocycles. The third kappa shape index (κ3) is 5.32. The third-order valence-corrected chi connectivity index (χ3v) is 11.9. The molecule has 0 bridgehead atoms. The molecule has 0 unspecified atom stereocenters. The summed E-state index contributed by atoms with van der Waals surface area (Å²) in [6, 6.07) is 13.1. The van der Waals surface area contributed by atoms with Gasteiger partial charge in [-0.1, -0.05) is 31.5 Å². The van der Waals surface area contributed by atoms with Crippen LogP contribution >= 0.6 is 0 Å². The smallest absolute Gasteiger partial charge is 0.254 e. The number of methoxy groups -OCH3 is 1. The first-order valence-electron chi connectivity index (χ1n) is 18.1. The number of benzene rings is 2. The second kappa shape index (κ2) is 12.0. The van der Waals surface area contributed by atoms with Crippen LogP contribution in [0.3, 0.4) is 0 Å². The molecule has 8 nitrogen and oxygen atoms in total. The molecule has 4 aromatic rings. The molecule has 0 spiro atoms. The summed E-state index contributed by atoms with van der Waals surface area (Å²) in [5.41, 5.74) is 6.10. The molecule has 2 aromatic carbocycles. The van der Waals surface area contributed by atoms with E-state index in [0.717, 1.165) is 87.3 Å². The van der Waals surface area contributed by atoms with Crippen molar-refractivity contribution in [3.05, 3.63) is 47.5 Å². The lowest BCUT2D eigenvalue weighted by atomic mass is 9.70. The number of piperidine rings is 1. The number of amides is 2. The number of fused-ring (bicyclic) bond motifs is 2. The number of nitrogens with zero attached hydrogens (tertiary/aromatic N) is 5. The maximum Gasteiger partial charge on any atom is 0.254 e. The predicted octanol–water partition coefficient (Wildman–Crippen LogP) is 7.38. The topological polar surface area (TPSA) is 72.6 Å². The molecule has 2 aromatic heterocycles. The summed E-state index contributed by atoms with van der Waals surface area (Å²) in [7, 11) is 3.75. The molecular formula is C39H49N5O3. The number of para-hydroxylation sites is 1. The van der Waals surface area contributed by atoms with Crippen molar-refractivity contribution in [2.45, 2.75) is 90.1 Å². The van der Waals surface area contributed by atoms with Gasteiger partial charge in [-0.05, 0) is 99.8 Å². The molecule has 248 valence electrons. The van der Waals surface area contributed by atoms with Crippen molar-refractivity contribution >= 4 is 33.8 Å². The molecule has 4 aliphatic rings. The van der Waals surface area contributed by atoms with E-state index in [1.165, 1.54) is 35.7 Å². The summed E-state index contributed by atoms with van der Waals surface area (Å²) in [5, 5.41) is 1.23. The predicted molar refractivity (Wildman–Crippen MR) is 186 cm³/mol. The van der Waals surface area contributed by atoms with Gasteiger partial charge in [0.1, 0.15) is 11.3 Å². The van der Waals surface area contributed by atoms with Gasteiger partial charge in [-0.3, -0.25) is 9.59 Å². The van der Waals surface area contributed by atoms with Gasteiger partial charge in [0.2, 0.25) is 5.91 Å². The first-order valence-corrected chi connectivity index (χ1v) is 18.1. The SMILES string of the molecule is CC[C@@H]1CC[C@H](C)N(C(=O)c2cc(OC)c3c(c2)nc(-c2cc4cccc(C5CC(C(=O)N6CCCC6)C5)c4n2CC2CC2)n3C)C1. The Morgan fingerprint density at radius 2 is 1.74 bits per heavy atom. The van der Waals surface area contributed by atoms with Crippen molar-refractivity contribution in [2.24, 2.45) is 24.8 Å². The van der Waals surface area contributed by atoms with E-state index < -0.39 is 0 Å². The van der Waals surface area contributed by atoms with Gasteiger partial charge in [0.05, 0.1) is 23.8 Å². The summed E-state index contributed by atoms with van der Waals surface area (Å²) in [5.74, 6) is 3.78. The number of carbonyl (C=O) groups is 2. The molecule has 2 aliphatic carbocycles. The van der Waals surface area contributed by atoms with Crippen molar-refractivity contribution in [1.29, 1.82) is 0 Å². The average Bonchev–Trinajstić information content (AvgIpc) is 3.41. The van der Waals surface area contributed by atoms with Gasteiger partial charge in [0.25, 0.3) is 5.91 Å². The summed E-state index contributed by atoms with van der Waals surface area (Å²) in [6.45, 7) is 8.02. The van der Waals surface area contributed by atoms with E-state index in [1.807, 2.05) is 12.1 Å². The van der Waals surface area contributed by atoms with Gasteiger partial charge in [-0.15, -0.1) is 0 Å². The van der Waals surface area contributed by atoms with Crippen molar-refractivity contribution in [3.63, 3.8) is 0 Å². The van der Waals surface area contributed by atoms with E-state index in [9.17, 15) is 9.59 Å². The zero-order valence-corrected chi connectivity index (χ0v) is 28.5. The van der Waals surface area contributed by atoms with Crippen molar-refractivity contribution < 1.29 is 14.3 Å². The number of likely N-dealkylation sites (tertiary alicyclic amines) is 2. The minimum Gasteiger partial charge on any atom is -0.494 e. The molecule has 0 N–H and O–H groups in total. The molecule has 47 heavy (non-hydrogen) atoms. The van der Waals surface area contributed by atoms with Gasteiger partial charge >= 0.3 is 0 Å². The molecule has 8 heteroatoms. The number of aromatic nitrogens is 3. The van der Waals surface area contributed by atoms with Gasteiger partial charge in [0, 0.05) is 56.1 Å². The molecule has 0 radical (unpaired) electrons. The van der Waals surface area contributed by atoms with E-state index in [1.54, 1.807) is 7.11 Å². The second-order valence-electron chi connectivity index (χ2n) is 15.0. The Morgan fingerprint density at radius 1 is 0.979 bits per heavy atom. The third-order valence-electron chi connectivity index (χ3n) is 11.9. The summed E-state index contributed by atoms with van der Waals surface area (Å²) in [6.07, 6.45) is 9.99. The van der Waals surface area contributed by atoms with Crippen molar-refractivity contribution in [2.75, 3.05) is 26.7 Å². The molecule has 2 atom stereocenters. The average molecular weight is 636 g/mol.